The number of non-ortho nitro benzene ring substituents is 1. The Labute approximate surface area is 126 Å². The third-order valence-electron chi connectivity index (χ3n) is 3.53. The van der Waals surface area contributed by atoms with Gasteiger partial charge >= 0.3 is 0 Å². The predicted molar refractivity (Wildman–Crippen MR) is 77.4 cm³/mol. The molecule has 1 fully saturated rings. The van der Waals surface area contributed by atoms with Gasteiger partial charge in [0.25, 0.3) is 11.6 Å². The molecule has 0 heterocycles. The van der Waals surface area contributed by atoms with E-state index in [-0.39, 0.29) is 34.1 Å². The minimum Gasteiger partial charge on any atom is -0.349 e. The van der Waals surface area contributed by atoms with Crippen LogP contribution in [0.2, 0.25) is 5.02 Å². The number of carbonyl (C=O) groups is 1. The summed E-state index contributed by atoms with van der Waals surface area (Å²) in [5.74, 6) is 0.410. The average Bonchev–Trinajstić information content (AvgIpc) is 2.85. The zero-order chi connectivity index (χ0) is 14.7. The molecule has 1 saturated carbocycles. The molecule has 2 unspecified atom stereocenters. The molecule has 0 aliphatic heterocycles. The zero-order valence-corrected chi connectivity index (χ0v) is 12.2. The van der Waals surface area contributed by atoms with Crippen LogP contribution in [0.4, 0.5) is 5.69 Å². The highest BCUT2D eigenvalue weighted by Crippen LogP contribution is 2.27. The molecule has 0 spiro atoms. The van der Waals surface area contributed by atoms with E-state index in [4.69, 9.17) is 23.2 Å². The maximum atomic E-state index is 12.2. The minimum atomic E-state index is -0.570. The van der Waals surface area contributed by atoms with Crippen molar-refractivity contribution in [3.05, 3.63) is 38.9 Å². The number of nitrogens with zero attached hydrogens (tertiary/aromatic N) is 1. The number of benzene rings is 1. The summed E-state index contributed by atoms with van der Waals surface area (Å²) in [5, 5.41) is 13.8. The van der Waals surface area contributed by atoms with E-state index in [0.29, 0.717) is 5.88 Å². The van der Waals surface area contributed by atoms with Crippen molar-refractivity contribution < 1.29 is 9.72 Å². The summed E-state index contributed by atoms with van der Waals surface area (Å²) in [6.07, 6.45) is 2.90. The Kier molecular flexibility index (Phi) is 4.83. The highest BCUT2D eigenvalue weighted by molar-refractivity contribution is 6.31. The molecule has 1 aliphatic carbocycles. The lowest BCUT2D eigenvalue weighted by molar-refractivity contribution is -0.384. The lowest BCUT2D eigenvalue weighted by Gasteiger charge is -2.18. The van der Waals surface area contributed by atoms with Crippen LogP contribution in [0.25, 0.3) is 0 Å². The van der Waals surface area contributed by atoms with Crippen molar-refractivity contribution in [2.45, 2.75) is 25.3 Å². The van der Waals surface area contributed by atoms with Crippen LogP contribution < -0.4 is 5.32 Å². The molecule has 0 aromatic heterocycles. The number of nitrogens with one attached hydrogen (secondary N) is 1. The standard InChI is InChI=1S/C13H14Cl2N2O3/c14-7-8-2-1-3-12(8)16-13(18)9-4-10(15)6-11(5-9)17(19)20/h4-6,8,12H,1-3,7H2,(H,16,18). The second-order valence-corrected chi connectivity index (χ2v) is 5.63. The van der Waals surface area contributed by atoms with Gasteiger partial charge in [0.05, 0.1) is 4.92 Å². The highest BCUT2D eigenvalue weighted by Gasteiger charge is 2.28. The van der Waals surface area contributed by atoms with Crippen LogP contribution >= 0.6 is 23.2 Å². The number of rotatable bonds is 4. The van der Waals surface area contributed by atoms with Gasteiger partial charge in [-0.25, -0.2) is 0 Å². The summed E-state index contributed by atoms with van der Waals surface area (Å²) in [6.45, 7) is 0. The molecule has 1 amide bonds. The normalized spacial score (nSPS) is 21.7. The first-order chi connectivity index (χ1) is 9.51. The predicted octanol–water partition coefficient (Wildman–Crippen LogP) is 3.39. The molecule has 7 heteroatoms. The van der Waals surface area contributed by atoms with Crippen LogP contribution in [0.15, 0.2) is 18.2 Å². The van der Waals surface area contributed by atoms with Gasteiger partial charge in [0.2, 0.25) is 0 Å². The van der Waals surface area contributed by atoms with E-state index >= 15 is 0 Å². The van der Waals surface area contributed by atoms with Crippen LogP contribution in [-0.4, -0.2) is 22.8 Å². The summed E-state index contributed by atoms with van der Waals surface area (Å²) >= 11 is 11.7. The summed E-state index contributed by atoms with van der Waals surface area (Å²) in [5.41, 5.74) is 0.00684. The first-order valence-electron chi connectivity index (χ1n) is 6.33. The Balaban J connectivity index is 2.15. The summed E-state index contributed by atoms with van der Waals surface area (Å²) in [7, 11) is 0. The van der Waals surface area contributed by atoms with E-state index in [1.165, 1.54) is 18.2 Å². The van der Waals surface area contributed by atoms with Crippen molar-refractivity contribution in [3.8, 4) is 0 Å². The molecule has 5 nitrogen and oxygen atoms in total. The number of carbonyl (C=O) groups excluding carboxylic acids is 1. The number of nitro benzene ring substituents is 1. The fourth-order valence-corrected chi connectivity index (χ4v) is 3.07. The molecule has 20 heavy (non-hydrogen) atoms. The summed E-state index contributed by atoms with van der Waals surface area (Å²) < 4.78 is 0. The van der Waals surface area contributed by atoms with E-state index < -0.39 is 4.92 Å². The number of alkyl halides is 1. The van der Waals surface area contributed by atoms with Crippen molar-refractivity contribution in [1.82, 2.24) is 5.32 Å². The van der Waals surface area contributed by atoms with E-state index in [1.807, 2.05) is 0 Å². The first-order valence-corrected chi connectivity index (χ1v) is 7.24. The van der Waals surface area contributed by atoms with Crippen LogP contribution in [0.3, 0.4) is 0 Å². The molecule has 1 aliphatic rings. The molecule has 1 aromatic rings. The van der Waals surface area contributed by atoms with Gasteiger partial charge in [0, 0.05) is 34.6 Å². The van der Waals surface area contributed by atoms with Gasteiger partial charge in [0.15, 0.2) is 0 Å². The smallest absolute Gasteiger partial charge is 0.271 e. The summed E-state index contributed by atoms with van der Waals surface area (Å²) in [6, 6.07) is 3.90. The highest BCUT2D eigenvalue weighted by atomic mass is 35.5. The molecule has 108 valence electrons. The number of hydrogen-bond donors (Lipinski definition) is 1. The van der Waals surface area contributed by atoms with Gasteiger partial charge in [-0.3, -0.25) is 14.9 Å². The molecule has 2 rings (SSSR count). The Hall–Kier alpha value is -1.33. The molecule has 0 radical (unpaired) electrons. The average molecular weight is 317 g/mol. The lowest BCUT2D eigenvalue weighted by atomic mass is 10.1. The Morgan fingerprint density at radius 1 is 1.40 bits per heavy atom. The first kappa shape index (κ1) is 15.1. The Morgan fingerprint density at radius 3 is 2.80 bits per heavy atom. The van der Waals surface area contributed by atoms with Crippen molar-refractivity contribution in [3.63, 3.8) is 0 Å². The number of hydrogen-bond acceptors (Lipinski definition) is 3. The van der Waals surface area contributed by atoms with Gasteiger partial charge in [-0.1, -0.05) is 18.0 Å². The van der Waals surface area contributed by atoms with Gasteiger partial charge in [-0.15, -0.1) is 11.6 Å². The summed E-state index contributed by atoms with van der Waals surface area (Å²) in [4.78, 5) is 22.4. The molecule has 1 aromatic carbocycles. The lowest BCUT2D eigenvalue weighted by Crippen LogP contribution is -2.37. The van der Waals surface area contributed by atoms with Crippen molar-refractivity contribution in [2.24, 2.45) is 5.92 Å². The number of nitro groups is 1. The second-order valence-electron chi connectivity index (χ2n) is 4.88. The SMILES string of the molecule is O=C(NC1CCCC1CCl)c1cc(Cl)cc([N+](=O)[O-])c1. The van der Waals surface area contributed by atoms with E-state index in [9.17, 15) is 14.9 Å². The molecular formula is C13H14Cl2N2O3. The Morgan fingerprint density at radius 2 is 2.15 bits per heavy atom. The van der Waals surface area contributed by atoms with Crippen LogP contribution in [-0.2, 0) is 0 Å². The van der Waals surface area contributed by atoms with Crippen LogP contribution in [0, 0.1) is 16.0 Å². The maximum absolute atomic E-state index is 12.2. The topological polar surface area (TPSA) is 72.2 Å². The van der Waals surface area contributed by atoms with Crippen LogP contribution in [0.5, 0.6) is 0 Å². The van der Waals surface area contributed by atoms with Crippen molar-refractivity contribution in [2.75, 3.05) is 5.88 Å². The Bertz CT molecular complexity index is 536. The molecule has 0 bridgehead atoms. The maximum Gasteiger partial charge on any atom is 0.271 e. The van der Waals surface area contributed by atoms with Crippen molar-refractivity contribution in [1.29, 1.82) is 0 Å². The van der Waals surface area contributed by atoms with Gasteiger partial charge in [0.1, 0.15) is 0 Å². The van der Waals surface area contributed by atoms with Crippen molar-refractivity contribution >= 4 is 34.8 Å². The third-order valence-corrected chi connectivity index (χ3v) is 4.14. The van der Waals surface area contributed by atoms with E-state index in [1.54, 1.807) is 0 Å². The third kappa shape index (κ3) is 3.41. The minimum absolute atomic E-state index is 0.0260. The zero-order valence-electron chi connectivity index (χ0n) is 10.6. The van der Waals surface area contributed by atoms with Crippen LogP contribution in [0.1, 0.15) is 29.6 Å². The fourth-order valence-electron chi connectivity index (χ4n) is 2.47. The largest absolute Gasteiger partial charge is 0.349 e. The molecule has 0 saturated heterocycles. The number of halogens is 2. The molecular weight excluding hydrogens is 303 g/mol. The molecule has 2 atom stereocenters. The van der Waals surface area contributed by atoms with Gasteiger partial charge in [-0.2, -0.15) is 0 Å². The van der Waals surface area contributed by atoms with Gasteiger partial charge in [-0.05, 0) is 24.8 Å². The monoisotopic (exact) mass is 316 g/mol. The van der Waals surface area contributed by atoms with E-state index in [0.717, 1.165) is 19.3 Å². The fraction of sp³-hybridized carbons (Fsp3) is 0.462. The molecule has 1 N–H and O–H groups in total. The number of amides is 1. The second kappa shape index (κ2) is 6.41. The quantitative estimate of drug-likeness (QED) is 0.525. The van der Waals surface area contributed by atoms with E-state index in [2.05, 4.69) is 5.32 Å². The van der Waals surface area contributed by atoms with Gasteiger partial charge < -0.3 is 5.32 Å².